The van der Waals surface area contributed by atoms with Crippen molar-refractivity contribution in [1.82, 2.24) is 0 Å². The molecule has 0 aliphatic heterocycles. The van der Waals surface area contributed by atoms with Crippen LogP contribution in [-0.4, -0.2) is 24.1 Å². The minimum Gasteiger partial charge on any atom is -0.454 e. The summed E-state index contributed by atoms with van der Waals surface area (Å²) >= 11 is 0. The van der Waals surface area contributed by atoms with E-state index in [1.807, 2.05) is 84.9 Å². The van der Waals surface area contributed by atoms with E-state index in [4.69, 9.17) is 9.47 Å². The Morgan fingerprint density at radius 2 is 1.07 bits per heavy atom. The molecule has 3 aliphatic carbocycles. The predicted octanol–water partition coefficient (Wildman–Crippen LogP) is 7.35. The van der Waals surface area contributed by atoms with Crippen molar-refractivity contribution in [2.45, 2.75) is 31.0 Å². The first-order valence-electron chi connectivity index (χ1n) is 14.1. The molecular formula is C36H28O4. The molecule has 2 saturated carbocycles. The van der Waals surface area contributed by atoms with E-state index in [0.717, 1.165) is 34.4 Å². The quantitative estimate of drug-likeness (QED) is 0.231. The molecule has 0 heterocycles. The minimum atomic E-state index is -0.497. The third-order valence-electron chi connectivity index (χ3n) is 9.56. The first-order chi connectivity index (χ1) is 19.7. The van der Waals surface area contributed by atoms with Crippen LogP contribution in [0.1, 0.15) is 44.2 Å². The fourth-order valence-electron chi connectivity index (χ4n) is 7.95. The van der Waals surface area contributed by atoms with Crippen LogP contribution in [0.2, 0.25) is 0 Å². The van der Waals surface area contributed by atoms with Crippen molar-refractivity contribution >= 4 is 33.5 Å². The maximum atomic E-state index is 13.7. The number of benzene rings is 5. The molecule has 196 valence electrons. The lowest BCUT2D eigenvalue weighted by atomic mass is 9.76. The Balaban J connectivity index is 1.16. The second kappa shape index (κ2) is 9.06. The van der Waals surface area contributed by atoms with Crippen molar-refractivity contribution in [3.8, 4) is 0 Å². The molecule has 4 nitrogen and oxygen atoms in total. The van der Waals surface area contributed by atoms with E-state index in [9.17, 15) is 9.59 Å². The fourth-order valence-corrected chi connectivity index (χ4v) is 7.95. The van der Waals surface area contributed by atoms with Gasteiger partial charge < -0.3 is 9.47 Å². The minimum absolute atomic E-state index is 0.114. The Labute approximate surface area is 232 Å². The molecule has 40 heavy (non-hydrogen) atoms. The maximum Gasteiger partial charge on any atom is 0.339 e. The van der Waals surface area contributed by atoms with E-state index in [0.29, 0.717) is 23.0 Å². The van der Waals surface area contributed by atoms with Crippen LogP contribution in [0.3, 0.4) is 0 Å². The van der Waals surface area contributed by atoms with E-state index in [1.165, 1.54) is 11.1 Å². The lowest BCUT2D eigenvalue weighted by molar-refractivity contribution is -0.0696. The Bertz CT molecular complexity index is 1800. The van der Waals surface area contributed by atoms with Gasteiger partial charge in [-0.15, -0.1) is 0 Å². The van der Waals surface area contributed by atoms with Crippen molar-refractivity contribution < 1.29 is 19.1 Å². The normalized spacial score (nSPS) is 26.0. The van der Waals surface area contributed by atoms with Crippen LogP contribution < -0.4 is 0 Å². The van der Waals surface area contributed by atoms with Gasteiger partial charge >= 0.3 is 11.9 Å². The second-order valence-corrected chi connectivity index (χ2v) is 11.4. The molecule has 4 heteroatoms. The van der Waals surface area contributed by atoms with Crippen molar-refractivity contribution in [2.75, 3.05) is 0 Å². The van der Waals surface area contributed by atoms with Gasteiger partial charge in [0.1, 0.15) is 12.2 Å². The monoisotopic (exact) mass is 524 g/mol. The standard InChI is InChI=1S/C36H28O4/c37-35(27-17-7-12-21-9-1-4-14-24(21)27)39-33-30-20-31(32-26-16-6-3-11-23(26)19-29(30)32)34(33)40-36(38)28-18-8-13-22-10-2-5-15-25(22)28/h1-18,29-34H,19-20H2. The maximum absolute atomic E-state index is 13.7. The molecule has 8 rings (SSSR count). The van der Waals surface area contributed by atoms with E-state index in [-0.39, 0.29) is 23.8 Å². The van der Waals surface area contributed by atoms with Gasteiger partial charge in [0.05, 0.1) is 11.1 Å². The SMILES string of the molecule is O=C(OC1C2CC(C1OC(=O)c1cccc3ccccc13)C1c3ccccc3CC21)c1cccc2ccccc12. The predicted molar refractivity (Wildman–Crippen MR) is 154 cm³/mol. The Kier molecular flexibility index (Phi) is 5.31. The molecule has 0 N–H and O–H groups in total. The summed E-state index contributed by atoms with van der Waals surface area (Å²) < 4.78 is 12.8. The number of rotatable bonds is 4. The van der Waals surface area contributed by atoms with Gasteiger partial charge in [-0.2, -0.15) is 0 Å². The Hall–Kier alpha value is -4.44. The number of carbonyl (C=O) groups excluding carboxylic acids is 2. The number of ether oxygens (including phenoxy) is 2. The summed E-state index contributed by atoms with van der Waals surface area (Å²) in [4.78, 5) is 27.5. The zero-order valence-electron chi connectivity index (χ0n) is 21.9. The molecule has 0 aromatic heterocycles. The highest BCUT2D eigenvalue weighted by Crippen LogP contribution is 2.62. The molecule has 6 unspecified atom stereocenters. The highest BCUT2D eigenvalue weighted by molar-refractivity contribution is 6.05. The summed E-state index contributed by atoms with van der Waals surface area (Å²) in [6, 6.07) is 35.8. The zero-order chi connectivity index (χ0) is 26.8. The average Bonchev–Trinajstić information content (AvgIpc) is 3.66. The number of hydrogen-bond acceptors (Lipinski definition) is 4. The molecule has 0 spiro atoms. The van der Waals surface area contributed by atoms with Crippen LogP contribution in [0.15, 0.2) is 109 Å². The highest BCUT2D eigenvalue weighted by Gasteiger charge is 2.63. The Morgan fingerprint density at radius 3 is 1.73 bits per heavy atom. The molecule has 2 bridgehead atoms. The summed E-state index contributed by atoms with van der Waals surface area (Å²) in [5.74, 6) is 0.254. The van der Waals surface area contributed by atoms with Gasteiger partial charge in [0, 0.05) is 11.8 Å². The van der Waals surface area contributed by atoms with Gasteiger partial charge in [0.2, 0.25) is 0 Å². The lowest BCUT2D eigenvalue weighted by Crippen LogP contribution is -2.45. The molecule has 0 amide bonds. The number of carbonyl (C=O) groups is 2. The van der Waals surface area contributed by atoms with Crippen LogP contribution >= 0.6 is 0 Å². The fraction of sp³-hybridized carbons (Fsp3) is 0.222. The first-order valence-corrected chi connectivity index (χ1v) is 14.1. The zero-order valence-corrected chi connectivity index (χ0v) is 21.9. The molecular weight excluding hydrogens is 496 g/mol. The molecule has 6 atom stereocenters. The molecule has 3 aliphatic rings. The number of hydrogen-bond donors (Lipinski definition) is 0. The van der Waals surface area contributed by atoms with Crippen LogP contribution in [0.5, 0.6) is 0 Å². The Morgan fingerprint density at radius 1 is 0.550 bits per heavy atom. The summed E-state index contributed by atoms with van der Waals surface area (Å²) in [5, 5.41) is 3.73. The van der Waals surface area contributed by atoms with Gasteiger partial charge in [-0.25, -0.2) is 9.59 Å². The molecule has 2 fully saturated rings. The number of esters is 2. The van der Waals surface area contributed by atoms with Crippen LogP contribution in [0, 0.1) is 17.8 Å². The second-order valence-electron chi connectivity index (χ2n) is 11.4. The van der Waals surface area contributed by atoms with Gasteiger partial charge in [0.15, 0.2) is 0 Å². The van der Waals surface area contributed by atoms with E-state index >= 15 is 0 Å². The lowest BCUT2D eigenvalue weighted by Gasteiger charge is -2.37. The number of fused-ring (bicyclic) bond motifs is 9. The van der Waals surface area contributed by atoms with Crippen molar-refractivity contribution in [3.63, 3.8) is 0 Å². The van der Waals surface area contributed by atoms with Crippen LogP contribution in [0.25, 0.3) is 21.5 Å². The van der Waals surface area contributed by atoms with Crippen LogP contribution in [-0.2, 0) is 15.9 Å². The van der Waals surface area contributed by atoms with Gasteiger partial charge in [-0.3, -0.25) is 0 Å². The third-order valence-corrected chi connectivity index (χ3v) is 9.56. The van der Waals surface area contributed by atoms with Crippen molar-refractivity contribution in [3.05, 3.63) is 131 Å². The molecule has 0 radical (unpaired) electrons. The van der Waals surface area contributed by atoms with Gasteiger partial charge in [-0.05, 0) is 69.5 Å². The summed E-state index contributed by atoms with van der Waals surface area (Å²) in [5.41, 5.74) is 3.83. The van der Waals surface area contributed by atoms with E-state index in [2.05, 4.69) is 24.3 Å². The molecule has 0 saturated heterocycles. The average molecular weight is 525 g/mol. The summed E-state index contributed by atoms with van der Waals surface area (Å²) in [6.07, 6.45) is 0.896. The third kappa shape index (κ3) is 3.52. The van der Waals surface area contributed by atoms with Crippen molar-refractivity contribution in [1.29, 1.82) is 0 Å². The molecule has 5 aromatic rings. The first kappa shape index (κ1) is 23.4. The van der Waals surface area contributed by atoms with Crippen molar-refractivity contribution in [2.24, 2.45) is 17.8 Å². The largest absolute Gasteiger partial charge is 0.454 e. The molecule has 5 aromatic carbocycles. The van der Waals surface area contributed by atoms with E-state index in [1.54, 1.807) is 0 Å². The highest BCUT2D eigenvalue weighted by atomic mass is 16.6. The smallest absolute Gasteiger partial charge is 0.339 e. The summed E-state index contributed by atoms with van der Waals surface area (Å²) in [6.45, 7) is 0. The van der Waals surface area contributed by atoms with E-state index < -0.39 is 12.2 Å². The van der Waals surface area contributed by atoms with Gasteiger partial charge in [0.25, 0.3) is 0 Å². The van der Waals surface area contributed by atoms with Crippen LogP contribution in [0.4, 0.5) is 0 Å². The van der Waals surface area contributed by atoms with Gasteiger partial charge in [-0.1, -0.05) is 97.1 Å². The topological polar surface area (TPSA) is 52.6 Å². The summed E-state index contributed by atoms with van der Waals surface area (Å²) in [7, 11) is 0.